The van der Waals surface area contributed by atoms with Crippen molar-refractivity contribution in [3.63, 3.8) is 0 Å². The SMILES string of the molecule is CCCC(C)(C)C1=CCC2C(=C1)OC(C)(C)[C@@H]1CC=C(C)C[C@@H]21. The summed E-state index contributed by atoms with van der Waals surface area (Å²) in [4.78, 5) is 0. The number of ether oxygens (including phenoxy) is 1. The van der Waals surface area contributed by atoms with E-state index in [0.717, 1.165) is 5.92 Å². The van der Waals surface area contributed by atoms with Crippen molar-refractivity contribution in [2.45, 2.75) is 79.2 Å². The Labute approximate surface area is 142 Å². The minimum Gasteiger partial charge on any atom is -0.492 e. The predicted molar refractivity (Wildman–Crippen MR) is 98.1 cm³/mol. The summed E-state index contributed by atoms with van der Waals surface area (Å²) in [6.45, 7) is 13.9. The zero-order valence-corrected chi connectivity index (χ0v) is 15.9. The van der Waals surface area contributed by atoms with E-state index in [1.807, 2.05) is 0 Å². The second-order valence-corrected chi connectivity index (χ2v) is 9.15. The Balaban J connectivity index is 1.90. The van der Waals surface area contributed by atoms with Gasteiger partial charge in [0.25, 0.3) is 0 Å². The molecule has 3 aliphatic rings. The first-order valence-corrected chi connectivity index (χ1v) is 9.51. The maximum Gasteiger partial charge on any atom is 0.106 e. The highest BCUT2D eigenvalue weighted by Crippen LogP contribution is 2.53. The van der Waals surface area contributed by atoms with Gasteiger partial charge in [0.1, 0.15) is 11.4 Å². The van der Waals surface area contributed by atoms with E-state index < -0.39 is 0 Å². The molecule has 1 nitrogen and oxygen atoms in total. The number of hydrogen-bond donors (Lipinski definition) is 0. The number of allylic oxidation sites excluding steroid dienone is 6. The smallest absolute Gasteiger partial charge is 0.106 e. The Hall–Kier alpha value is -0.980. The molecule has 1 saturated heterocycles. The molecule has 0 aromatic heterocycles. The molecule has 128 valence electrons. The first-order chi connectivity index (χ1) is 10.7. The van der Waals surface area contributed by atoms with Gasteiger partial charge in [0.15, 0.2) is 0 Å². The topological polar surface area (TPSA) is 9.23 Å². The molecular formula is C22H34O. The van der Waals surface area contributed by atoms with Gasteiger partial charge in [-0.2, -0.15) is 0 Å². The van der Waals surface area contributed by atoms with Crippen LogP contribution in [0.15, 0.2) is 35.1 Å². The van der Waals surface area contributed by atoms with Crippen LogP contribution in [0.5, 0.6) is 0 Å². The van der Waals surface area contributed by atoms with Gasteiger partial charge in [0.05, 0.1) is 0 Å². The van der Waals surface area contributed by atoms with Crippen molar-refractivity contribution in [2.24, 2.45) is 23.2 Å². The third-order valence-electron chi connectivity index (χ3n) is 6.50. The lowest BCUT2D eigenvalue weighted by Gasteiger charge is -2.52. The van der Waals surface area contributed by atoms with Gasteiger partial charge < -0.3 is 4.74 Å². The molecule has 1 heterocycles. The summed E-state index contributed by atoms with van der Waals surface area (Å²) in [6.07, 6.45) is 13.4. The Kier molecular flexibility index (Phi) is 4.27. The van der Waals surface area contributed by atoms with Crippen molar-refractivity contribution >= 4 is 0 Å². The van der Waals surface area contributed by atoms with E-state index >= 15 is 0 Å². The van der Waals surface area contributed by atoms with Gasteiger partial charge in [-0.1, -0.05) is 44.9 Å². The molecule has 3 atom stereocenters. The largest absolute Gasteiger partial charge is 0.492 e. The number of rotatable bonds is 3. The van der Waals surface area contributed by atoms with Crippen LogP contribution in [0.25, 0.3) is 0 Å². The van der Waals surface area contributed by atoms with Gasteiger partial charge in [-0.15, -0.1) is 0 Å². The molecule has 1 unspecified atom stereocenters. The van der Waals surface area contributed by atoms with Gasteiger partial charge in [0, 0.05) is 11.8 Å². The third-order valence-corrected chi connectivity index (χ3v) is 6.50. The maximum absolute atomic E-state index is 6.58. The fraction of sp³-hybridized carbons (Fsp3) is 0.727. The molecule has 1 fully saturated rings. The van der Waals surface area contributed by atoms with E-state index in [4.69, 9.17) is 4.74 Å². The van der Waals surface area contributed by atoms with Crippen molar-refractivity contribution < 1.29 is 4.74 Å². The zero-order chi connectivity index (χ0) is 16.8. The van der Waals surface area contributed by atoms with E-state index in [1.165, 1.54) is 43.4 Å². The zero-order valence-electron chi connectivity index (χ0n) is 15.9. The van der Waals surface area contributed by atoms with Crippen molar-refractivity contribution in [1.29, 1.82) is 0 Å². The molecule has 0 N–H and O–H groups in total. The van der Waals surface area contributed by atoms with Crippen LogP contribution >= 0.6 is 0 Å². The summed E-state index contributed by atoms with van der Waals surface area (Å²) < 4.78 is 6.58. The first-order valence-electron chi connectivity index (χ1n) is 9.51. The van der Waals surface area contributed by atoms with Crippen LogP contribution in [0.3, 0.4) is 0 Å². The summed E-state index contributed by atoms with van der Waals surface area (Å²) in [5.41, 5.74) is 3.29. The molecule has 0 amide bonds. The van der Waals surface area contributed by atoms with Crippen LogP contribution < -0.4 is 0 Å². The standard InChI is InChI=1S/C22H34O/c1-7-12-21(3,4)16-9-10-17-18-13-15(2)8-11-19(18)22(5,6)23-20(17)14-16/h8-9,14,17-19H,7,10-13H2,1-6H3/t17?,18-,19+/m0/s1. The van der Waals surface area contributed by atoms with Gasteiger partial charge in [-0.05, 0) is 69.4 Å². The van der Waals surface area contributed by atoms with Crippen LogP contribution in [-0.2, 0) is 4.74 Å². The molecule has 3 rings (SSSR count). The Morgan fingerprint density at radius 1 is 1.22 bits per heavy atom. The van der Waals surface area contributed by atoms with Crippen LogP contribution in [-0.4, -0.2) is 5.60 Å². The van der Waals surface area contributed by atoms with Crippen molar-refractivity contribution in [1.82, 2.24) is 0 Å². The molecule has 0 radical (unpaired) electrons. The Morgan fingerprint density at radius 2 is 1.96 bits per heavy atom. The molecular weight excluding hydrogens is 280 g/mol. The first kappa shape index (κ1) is 16.9. The molecule has 2 aliphatic carbocycles. The lowest BCUT2D eigenvalue weighted by atomic mass is 9.62. The summed E-state index contributed by atoms with van der Waals surface area (Å²) in [7, 11) is 0. The highest BCUT2D eigenvalue weighted by molar-refractivity contribution is 5.34. The lowest BCUT2D eigenvalue weighted by Crippen LogP contribution is -2.49. The van der Waals surface area contributed by atoms with Crippen LogP contribution in [0.4, 0.5) is 0 Å². The Morgan fingerprint density at radius 3 is 2.65 bits per heavy atom. The van der Waals surface area contributed by atoms with Crippen LogP contribution in [0.2, 0.25) is 0 Å². The second kappa shape index (κ2) is 5.83. The lowest BCUT2D eigenvalue weighted by molar-refractivity contribution is -0.105. The van der Waals surface area contributed by atoms with E-state index in [9.17, 15) is 0 Å². The van der Waals surface area contributed by atoms with E-state index in [1.54, 1.807) is 5.57 Å². The summed E-state index contributed by atoms with van der Waals surface area (Å²) in [5, 5.41) is 0. The molecule has 0 saturated carbocycles. The highest BCUT2D eigenvalue weighted by Gasteiger charge is 2.49. The molecule has 0 aromatic rings. The van der Waals surface area contributed by atoms with Crippen LogP contribution in [0.1, 0.15) is 73.6 Å². The highest BCUT2D eigenvalue weighted by atomic mass is 16.5. The average Bonchev–Trinajstić information content (AvgIpc) is 2.45. The molecule has 1 heteroatoms. The van der Waals surface area contributed by atoms with E-state index in [0.29, 0.717) is 11.8 Å². The van der Waals surface area contributed by atoms with Gasteiger partial charge in [-0.3, -0.25) is 0 Å². The van der Waals surface area contributed by atoms with Gasteiger partial charge in [-0.25, -0.2) is 0 Å². The average molecular weight is 315 g/mol. The monoisotopic (exact) mass is 314 g/mol. The minimum absolute atomic E-state index is 0.0401. The maximum atomic E-state index is 6.58. The normalized spacial score (nSPS) is 32.8. The number of hydrogen-bond acceptors (Lipinski definition) is 1. The van der Waals surface area contributed by atoms with Gasteiger partial charge >= 0.3 is 0 Å². The third kappa shape index (κ3) is 3.04. The fourth-order valence-corrected chi connectivity index (χ4v) is 5.12. The summed E-state index contributed by atoms with van der Waals surface area (Å²) >= 11 is 0. The summed E-state index contributed by atoms with van der Waals surface area (Å²) in [5.74, 6) is 3.28. The molecule has 0 bridgehead atoms. The molecule has 0 spiro atoms. The van der Waals surface area contributed by atoms with Crippen LogP contribution in [0, 0.1) is 23.2 Å². The van der Waals surface area contributed by atoms with E-state index in [-0.39, 0.29) is 11.0 Å². The fourth-order valence-electron chi connectivity index (χ4n) is 5.12. The predicted octanol–water partition coefficient (Wildman–Crippen LogP) is 6.42. The number of fused-ring (bicyclic) bond motifs is 3. The quantitative estimate of drug-likeness (QED) is 0.546. The summed E-state index contributed by atoms with van der Waals surface area (Å²) in [6, 6.07) is 0. The minimum atomic E-state index is -0.0401. The molecule has 1 aliphatic heterocycles. The van der Waals surface area contributed by atoms with Crippen molar-refractivity contribution in [3.8, 4) is 0 Å². The Bertz CT molecular complexity index is 559. The van der Waals surface area contributed by atoms with Gasteiger partial charge in [0.2, 0.25) is 0 Å². The van der Waals surface area contributed by atoms with Crippen molar-refractivity contribution in [3.05, 3.63) is 35.1 Å². The second-order valence-electron chi connectivity index (χ2n) is 9.15. The molecule has 23 heavy (non-hydrogen) atoms. The van der Waals surface area contributed by atoms with Crippen molar-refractivity contribution in [2.75, 3.05) is 0 Å². The molecule has 0 aromatic carbocycles. The van der Waals surface area contributed by atoms with E-state index in [2.05, 4.69) is 59.8 Å².